The van der Waals surface area contributed by atoms with Crippen molar-refractivity contribution in [3.05, 3.63) is 70.8 Å². The molecule has 2 rings (SSSR count). The molecule has 0 heterocycles. The van der Waals surface area contributed by atoms with Gasteiger partial charge in [0, 0.05) is 5.56 Å². The molecule has 0 aliphatic heterocycles. The van der Waals surface area contributed by atoms with Crippen molar-refractivity contribution in [2.24, 2.45) is 0 Å². The van der Waals surface area contributed by atoms with Gasteiger partial charge in [-0.1, -0.05) is 18.2 Å². The third-order valence-electron chi connectivity index (χ3n) is 3.49. The summed E-state index contributed by atoms with van der Waals surface area (Å²) in [5, 5.41) is 2.40. The molecule has 1 N–H and O–H groups in total. The molecule has 0 aliphatic carbocycles. The van der Waals surface area contributed by atoms with Crippen LogP contribution in [0.25, 0.3) is 0 Å². The predicted octanol–water partition coefficient (Wildman–Crippen LogP) is 5.22. The molecule has 2 nitrogen and oxygen atoms in total. The van der Waals surface area contributed by atoms with E-state index in [1.807, 2.05) is 0 Å². The minimum Gasteiger partial charge on any atom is -0.346 e. The summed E-state index contributed by atoms with van der Waals surface area (Å²) in [6.07, 6.45) is -9.86. The summed E-state index contributed by atoms with van der Waals surface area (Å²) >= 11 is 0. The third kappa shape index (κ3) is 4.74. The number of hydrogen-bond acceptors (Lipinski definition) is 1. The molecule has 0 aromatic heterocycles. The molecule has 1 atom stereocenters. The molecule has 0 fully saturated rings. The summed E-state index contributed by atoms with van der Waals surface area (Å²) in [5.74, 6) is -0.598. The van der Waals surface area contributed by atoms with Crippen molar-refractivity contribution < 1.29 is 31.1 Å². The zero-order chi connectivity index (χ0) is 18.8. The number of alkyl halides is 6. The number of amides is 1. The van der Waals surface area contributed by atoms with Crippen molar-refractivity contribution in [1.82, 2.24) is 5.32 Å². The van der Waals surface area contributed by atoms with E-state index in [-0.39, 0.29) is 17.2 Å². The topological polar surface area (TPSA) is 29.1 Å². The number of carbonyl (C=O) groups excluding carboxylic acids is 1. The van der Waals surface area contributed by atoms with Crippen molar-refractivity contribution in [3.63, 3.8) is 0 Å². The molecule has 0 saturated carbocycles. The fourth-order valence-corrected chi connectivity index (χ4v) is 2.18. The van der Waals surface area contributed by atoms with Crippen LogP contribution in [-0.4, -0.2) is 5.91 Å². The van der Waals surface area contributed by atoms with Crippen LogP contribution in [0, 0.1) is 0 Å². The first-order chi connectivity index (χ1) is 11.5. The minimum absolute atomic E-state index is 0.0508. The molecule has 1 unspecified atom stereocenters. The van der Waals surface area contributed by atoms with Gasteiger partial charge in [-0.2, -0.15) is 26.3 Å². The average Bonchev–Trinajstić information content (AvgIpc) is 2.53. The van der Waals surface area contributed by atoms with Gasteiger partial charge in [0.05, 0.1) is 17.2 Å². The lowest BCUT2D eigenvalue weighted by atomic mass is 10.00. The lowest BCUT2D eigenvalue weighted by molar-refractivity contribution is -0.143. The van der Waals surface area contributed by atoms with E-state index >= 15 is 0 Å². The van der Waals surface area contributed by atoms with E-state index in [0.717, 1.165) is 0 Å². The Kier molecular flexibility index (Phi) is 5.10. The Balaban J connectivity index is 2.35. The zero-order valence-electron chi connectivity index (χ0n) is 12.9. The maximum atomic E-state index is 12.9. The minimum atomic E-state index is -4.93. The van der Waals surface area contributed by atoms with E-state index in [4.69, 9.17) is 0 Å². The van der Waals surface area contributed by atoms with E-state index in [1.165, 1.54) is 19.1 Å². The van der Waals surface area contributed by atoms with Gasteiger partial charge in [-0.3, -0.25) is 4.79 Å². The van der Waals surface area contributed by atoms with Gasteiger partial charge in [0.25, 0.3) is 5.91 Å². The van der Waals surface area contributed by atoms with Gasteiger partial charge in [-0.15, -0.1) is 0 Å². The second kappa shape index (κ2) is 6.78. The highest BCUT2D eigenvalue weighted by molar-refractivity contribution is 5.94. The maximum absolute atomic E-state index is 12.9. The molecule has 8 heteroatoms. The van der Waals surface area contributed by atoms with Crippen LogP contribution in [0.5, 0.6) is 0 Å². The largest absolute Gasteiger partial charge is 0.416 e. The number of halogens is 6. The van der Waals surface area contributed by atoms with Crippen molar-refractivity contribution >= 4 is 5.91 Å². The molecule has 2 aromatic rings. The summed E-state index contributed by atoms with van der Waals surface area (Å²) in [4.78, 5) is 12.0. The Labute approximate surface area is 139 Å². The summed E-state index contributed by atoms with van der Waals surface area (Å²) in [5.41, 5.74) is -2.87. The van der Waals surface area contributed by atoms with Crippen LogP contribution in [0.1, 0.15) is 40.0 Å². The Hall–Kier alpha value is -2.51. The summed E-state index contributed by atoms with van der Waals surface area (Å²) in [7, 11) is 0. The number of rotatable bonds is 3. The number of hydrogen-bond donors (Lipinski definition) is 1. The lowest BCUT2D eigenvalue weighted by Gasteiger charge is -2.19. The molecule has 0 radical (unpaired) electrons. The molecular weight excluding hydrogens is 348 g/mol. The normalized spacial score (nSPS) is 13.4. The first kappa shape index (κ1) is 18.8. The van der Waals surface area contributed by atoms with E-state index in [2.05, 4.69) is 5.32 Å². The van der Waals surface area contributed by atoms with Gasteiger partial charge in [0.1, 0.15) is 0 Å². The van der Waals surface area contributed by atoms with Crippen LogP contribution in [0.2, 0.25) is 0 Å². The molecule has 25 heavy (non-hydrogen) atoms. The van der Waals surface area contributed by atoms with Gasteiger partial charge in [0.15, 0.2) is 0 Å². The lowest BCUT2D eigenvalue weighted by Crippen LogP contribution is -2.27. The van der Waals surface area contributed by atoms with Crippen molar-refractivity contribution in [2.75, 3.05) is 0 Å². The summed E-state index contributed by atoms with van der Waals surface area (Å²) < 4.78 is 77.2. The molecule has 0 bridgehead atoms. The van der Waals surface area contributed by atoms with Crippen LogP contribution in [0.4, 0.5) is 26.3 Å². The molecule has 1 amide bonds. The van der Waals surface area contributed by atoms with Crippen molar-refractivity contribution in [1.29, 1.82) is 0 Å². The summed E-state index contributed by atoms with van der Waals surface area (Å²) in [6, 6.07) is 8.02. The van der Waals surface area contributed by atoms with E-state index in [0.29, 0.717) is 12.1 Å². The van der Waals surface area contributed by atoms with Crippen molar-refractivity contribution in [3.8, 4) is 0 Å². The van der Waals surface area contributed by atoms with Crippen LogP contribution in [-0.2, 0) is 12.4 Å². The fourth-order valence-electron chi connectivity index (χ4n) is 2.18. The Bertz CT molecular complexity index is 720. The third-order valence-corrected chi connectivity index (χ3v) is 3.49. The molecule has 2 aromatic carbocycles. The zero-order valence-corrected chi connectivity index (χ0v) is 12.9. The van der Waals surface area contributed by atoms with Crippen molar-refractivity contribution in [2.45, 2.75) is 25.3 Å². The molecule has 0 saturated heterocycles. The second-order valence-corrected chi connectivity index (χ2v) is 5.40. The number of nitrogens with one attached hydrogen (secondary N) is 1. The van der Waals surface area contributed by atoms with E-state index < -0.39 is 35.4 Å². The highest BCUT2D eigenvalue weighted by Crippen LogP contribution is 2.37. The second-order valence-electron chi connectivity index (χ2n) is 5.40. The van der Waals surface area contributed by atoms with Gasteiger partial charge < -0.3 is 5.32 Å². The Morgan fingerprint density at radius 2 is 1.36 bits per heavy atom. The Morgan fingerprint density at radius 3 is 1.80 bits per heavy atom. The van der Waals surface area contributed by atoms with E-state index in [1.54, 1.807) is 18.2 Å². The molecule has 0 spiro atoms. The van der Waals surface area contributed by atoms with Gasteiger partial charge >= 0.3 is 12.4 Å². The molecule has 0 aliphatic rings. The van der Waals surface area contributed by atoms with Gasteiger partial charge in [0.2, 0.25) is 0 Å². The first-order valence-electron chi connectivity index (χ1n) is 7.14. The van der Waals surface area contributed by atoms with Gasteiger partial charge in [-0.05, 0) is 42.8 Å². The standard InChI is InChI=1S/C17H13F6NO/c1-10(24-15(25)11-5-3-2-4-6-11)12-7-13(16(18,19)20)9-14(8-12)17(21,22)23/h2-10H,1H3,(H,24,25). The monoisotopic (exact) mass is 361 g/mol. The summed E-state index contributed by atoms with van der Waals surface area (Å²) in [6.45, 7) is 1.32. The number of carbonyl (C=O) groups is 1. The maximum Gasteiger partial charge on any atom is 0.416 e. The van der Waals surface area contributed by atoms with Crippen LogP contribution >= 0.6 is 0 Å². The van der Waals surface area contributed by atoms with Crippen LogP contribution < -0.4 is 5.32 Å². The smallest absolute Gasteiger partial charge is 0.346 e. The highest BCUT2D eigenvalue weighted by Gasteiger charge is 2.37. The predicted molar refractivity (Wildman–Crippen MR) is 78.8 cm³/mol. The van der Waals surface area contributed by atoms with E-state index in [9.17, 15) is 31.1 Å². The quantitative estimate of drug-likeness (QED) is 0.747. The molecule has 134 valence electrons. The molecular formula is C17H13F6NO. The van der Waals surface area contributed by atoms with Crippen LogP contribution in [0.3, 0.4) is 0 Å². The van der Waals surface area contributed by atoms with Gasteiger partial charge in [-0.25, -0.2) is 0 Å². The average molecular weight is 361 g/mol. The van der Waals surface area contributed by atoms with Crippen LogP contribution in [0.15, 0.2) is 48.5 Å². The number of benzene rings is 2. The first-order valence-corrected chi connectivity index (χ1v) is 7.14. The SMILES string of the molecule is CC(NC(=O)c1ccccc1)c1cc(C(F)(F)F)cc(C(F)(F)F)c1. The Morgan fingerprint density at radius 1 is 0.880 bits per heavy atom. The fraction of sp³-hybridized carbons (Fsp3) is 0.235. The highest BCUT2D eigenvalue weighted by atomic mass is 19.4.